The zero-order chi connectivity index (χ0) is 11.7. The lowest BCUT2D eigenvalue weighted by molar-refractivity contribution is 0.403. The SMILES string of the molecule is CCCC/C=C(/C)O[Si](CC)(CC)CC. The van der Waals surface area contributed by atoms with Crippen LogP contribution in [0.3, 0.4) is 0 Å². The van der Waals surface area contributed by atoms with Crippen molar-refractivity contribution in [3.05, 3.63) is 11.8 Å². The second-order valence-electron chi connectivity index (χ2n) is 4.30. The Kier molecular flexibility index (Phi) is 7.84. The van der Waals surface area contributed by atoms with E-state index in [4.69, 9.17) is 4.43 Å². The minimum absolute atomic E-state index is 1.17. The predicted octanol–water partition coefficient (Wildman–Crippen LogP) is 5.10. The average Bonchev–Trinajstić information content (AvgIpc) is 2.26. The van der Waals surface area contributed by atoms with Crippen molar-refractivity contribution in [1.29, 1.82) is 0 Å². The van der Waals surface area contributed by atoms with Gasteiger partial charge in [0, 0.05) is 0 Å². The number of unbranched alkanes of at least 4 members (excludes halogenated alkanes) is 2. The molecule has 0 rings (SSSR count). The summed E-state index contributed by atoms with van der Waals surface area (Å²) in [5.41, 5.74) is 0. The quantitative estimate of drug-likeness (QED) is 0.319. The van der Waals surface area contributed by atoms with Gasteiger partial charge in [0.1, 0.15) is 0 Å². The fourth-order valence-corrected chi connectivity index (χ4v) is 4.56. The number of hydrogen-bond donors (Lipinski definition) is 0. The van der Waals surface area contributed by atoms with Crippen LogP contribution < -0.4 is 0 Å². The number of rotatable bonds is 8. The Morgan fingerprint density at radius 2 is 1.60 bits per heavy atom. The van der Waals surface area contributed by atoms with Crippen LogP contribution in [0.2, 0.25) is 18.1 Å². The maximum absolute atomic E-state index is 6.23. The summed E-state index contributed by atoms with van der Waals surface area (Å²) >= 11 is 0. The van der Waals surface area contributed by atoms with Crippen LogP contribution in [-0.4, -0.2) is 8.32 Å². The standard InChI is InChI=1S/C13H28OSi/c1-6-10-11-12-13(5)14-15(7-2,8-3)9-4/h12H,6-11H2,1-5H3/b13-12-. The van der Waals surface area contributed by atoms with E-state index in [0.717, 1.165) is 0 Å². The van der Waals surface area contributed by atoms with Crippen LogP contribution >= 0.6 is 0 Å². The van der Waals surface area contributed by atoms with Gasteiger partial charge in [-0.2, -0.15) is 0 Å². The molecular formula is C13H28OSi. The van der Waals surface area contributed by atoms with Crippen molar-refractivity contribution in [3.8, 4) is 0 Å². The highest BCUT2D eigenvalue weighted by atomic mass is 28.4. The summed E-state index contributed by atoms with van der Waals surface area (Å²) in [5.74, 6) is 1.17. The predicted molar refractivity (Wildman–Crippen MR) is 71.6 cm³/mol. The van der Waals surface area contributed by atoms with Crippen LogP contribution in [0.4, 0.5) is 0 Å². The largest absolute Gasteiger partial charge is 0.547 e. The third-order valence-electron chi connectivity index (χ3n) is 3.30. The fourth-order valence-electron chi connectivity index (χ4n) is 1.86. The first-order chi connectivity index (χ1) is 7.14. The molecule has 0 amide bonds. The first kappa shape index (κ1) is 14.8. The molecule has 0 N–H and O–H groups in total. The zero-order valence-electron chi connectivity index (χ0n) is 11.2. The van der Waals surface area contributed by atoms with E-state index in [0.29, 0.717) is 0 Å². The molecule has 0 spiro atoms. The van der Waals surface area contributed by atoms with E-state index in [9.17, 15) is 0 Å². The Bertz CT molecular complexity index is 175. The Labute approximate surface area is 97.0 Å². The summed E-state index contributed by atoms with van der Waals surface area (Å²) < 4.78 is 6.23. The molecule has 0 fully saturated rings. The Morgan fingerprint density at radius 1 is 1.07 bits per heavy atom. The highest BCUT2D eigenvalue weighted by molar-refractivity contribution is 6.73. The Balaban J connectivity index is 4.21. The topological polar surface area (TPSA) is 9.23 Å². The number of hydrogen-bond acceptors (Lipinski definition) is 1. The van der Waals surface area contributed by atoms with Crippen LogP contribution in [0.1, 0.15) is 53.9 Å². The summed E-state index contributed by atoms with van der Waals surface area (Å²) in [6.07, 6.45) is 5.98. The molecule has 0 aliphatic rings. The lowest BCUT2D eigenvalue weighted by Gasteiger charge is -2.29. The second-order valence-corrected chi connectivity index (χ2v) is 8.99. The van der Waals surface area contributed by atoms with E-state index >= 15 is 0 Å². The van der Waals surface area contributed by atoms with Crippen molar-refractivity contribution in [3.63, 3.8) is 0 Å². The van der Waals surface area contributed by atoms with Crippen molar-refractivity contribution in [2.75, 3.05) is 0 Å². The van der Waals surface area contributed by atoms with Gasteiger partial charge in [-0.3, -0.25) is 0 Å². The van der Waals surface area contributed by atoms with Gasteiger partial charge in [-0.25, -0.2) is 0 Å². The van der Waals surface area contributed by atoms with Crippen molar-refractivity contribution < 1.29 is 4.43 Å². The molecule has 1 nitrogen and oxygen atoms in total. The molecular weight excluding hydrogens is 200 g/mol. The molecule has 90 valence electrons. The minimum Gasteiger partial charge on any atom is -0.547 e. The summed E-state index contributed by atoms with van der Waals surface area (Å²) in [6, 6.07) is 3.71. The molecule has 0 aliphatic carbocycles. The highest BCUT2D eigenvalue weighted by Crippen LogP contribution is 2.24. The molecule has 0 radical (unpaired) electrons. The first-order valence-electron chi connectivity index (χ1n) is 6.49. The molecule has 0 atom stereocenters. The van der Waals surface area contributed by atoms with Gasteiger partial charge < -0.3 is 4.43 Å². The van der Waals surface area contributed by atoms with E-state index in [1.165, 1.54) is 43.2 Å². The van der Waals surface area contributed by atoms with Crippen molar-refractivity contribution in [2.24, 2.45) is 0 Å². The second kappa shape index (κ2) is 7.97. The van der Waals surface area contributed by atoms with Gasteiger partial charge in [0.05, 0.1) is 5.76 Å². The van der Waals surface area contributed by atoms with Gasteiger partial charge >= 0.3 is 0 Å². The molecule has 0 bridgehead atoms. The van der Waals surface area contributed by atoms with Gasteiger partial charge in [0.15, 0.2) is 0 Å². The maximum atomic E-state index is 6.23. The third kappa shape index (κ3) is 5.40. The zero-order valence-corrected chi connectivity index (χ0v) is 12.2. The van der Waals surface area contributed by atoms with Gasteiger partial charge in [0.2, 0.25) is 8.32 Å². The maximum Gasteiger partial charge on any atom is 0.250 e. The molecule has 0 aromatic rings. The van der Waals surface area contributed by atoms with Crippen molar-refractivity contribution in [1.82, 2.24) is 0 Å². The monoisotopic (exact) mass is 228 g/mol. The lowest BCUT2D eigenvalue weighted by atomic mass is 10.2. The van der Waals surface area contributed by atoms with Crippen LogP contribution in [0, 0.1) is 0 Å². The van der Waals surface area contributed by atoms with Gasteiger partial charge in [-0.15, -0.1) is 0 Å². The molecule has 0 aliphatic heterocycles. The highest BCUT2D eigenvalue weighted by Gasteiger charge is 2.30. The van der Waals surface area contributed by atoms with E-state index in [2.05, 4.69) is 40.7 Å². The molecule has 0 heterocycles. The summed E-state index contributed by atoms with van der Waals surface area (Å²) in [6.45, 7) is 11.2. The summed E-state index contributed by atoms with van der Waals surface area (Å²) in [5, 5.41) is 0. The Morgan fingerprint density at radius 3 is 2.00 bits per heavy atom. The molecule has 15 heavy (non-hydrogen) atoms. The molecule has 0 aromatic carbocycles. The van der Waals surface area contributed by atoms with Crippen LogP contribution in [0.15, 0.2) is 11.8 Å². The van der Waals surface area contributed by atoms with Gasteiger partial charge in [-0.1, -0.05) is 34.1 Å². The normalized spacial score (nSPS) is 13.0. The molecule has 0 unspecified atom stereocenters. The van der Waals surface area contributed by atoms with Gasteiger partial charge in [0.25, 0.3) is 0 Å². The average molecular weight is 228 g/mol. The smallest absolute Gasteiger partial charge is 0.250 e. The summed E-state index contributed by atoms with van der Waals surface area (Å²) in [7, 11) is -1.41. The van der Waals surface area contributed by atoms with Crippen molar-refractivity contribution in [2.45, 2.75) is 72.0 Å². The molecule has 0 aromatic heterocycles. The van der Waals surface area contributed by atoms with E-state index < -0.39 is 8.32 Å². The molecule has 0 saturated carbocycles. The third-order valence-corrected chi connectivity index (χ3v) is 7.92. The molecule has 2 heteroatoms. The minimum atomic E-state index is -1.41. The summed E-state index contributed by atoms with van der Waals surface area (Å²) in [4.78, 5) is 0. The van der Waals surface area contributed by atoms with E-state index in [1.54, 1.807) is 0 Å². The van der Waals surface area contributed by atoms with E-state index in [-0.39, 0.29) is 0 Å². The van der Waals surface area contributed by atoms with Gasteiger partial charge in [-0.05, 0) is 44.0 Å². The fraction of sp³-hybridized carbons (Fsp3) is 0.846. The van der Waals surface area contributed by atoms with E-state index in [1.807, 2.05) is 0 Å². The van der Waals surface area contributed by atoms with Crippen LogP contribution in [0.5, 0.6) is 0 Å². The van der Waals surface area contributed by atoms with Crippen molar-refractivity contribution >= 4 is 8.32 Å². The molecule has 0 saturated heterocycles. The lowest BCUT2D eigenvalue weighted by Crippen LogP contribution is -2.34. The Hall–Kier alpha value is -0.243. The van der Waals surface area contributed by atoms with Crippen LogP contribution in [0.25, 0.3) is 0 Å². The first-order valence-corrected chi connectivity index (χ1v) is 9.02. The number of allylic oxidation sites excluding steroid dienone is 2. The van der Waals surface area contributed by atoms with Crippen LogP contribution in [-0.2, 0) is 4.43 Å².